The van der Waals surface area contributed by atoms with Crippen LogP contribution in [0.2, 0.25) is 0 Å². The third-order valence-electron chi connectivity index (χ3n) is 3.69. The molecule has 0 atom stereocenters. The van der Waals surface area contributed by atoms with Gasteiger partial charge >= 0.3 is 0 Å². The van der Waals surface area contributed by atoms with Gasteiger partial charge in [-0.1, -0.05) is 6.07 Å². The van der Waals surface area contributed by atoms with Gasteiger partial charge in [-0.15, -0.1) is 0 Å². The second-order valence-electron chi connectivity index (χ2n) is 5.08. The smallest absolute Gasteiger partial charge is 0.255 e. The fourth-order valence-corrected chi connectivity index (χ4v) is 2.38. The molecule has 0 saturated heterocycles. The molecule has 6 nitrogen and oxygen atoms in total. The molecule has 0 aliphatic carbocycles. The second-order valence-corrected chi connectivity index (χ2v) is 5.08. The summed E-state index contributed by atoms with van der Waals surface area (Å²) in [6.07, 6.45) is 0. The molecule has 0 aromatic heterocycles. The first kappa shape index (κ1) is 14.9. The van der Waals surface area contributed by atoms with Crippen LogP contribution in [0.3, 0.4) is 0 Å². The number of rotatable bonds is 3. The molecular weight excluding hydrogens is 296 g/mol. The maximum atomic E-state index is 12.4. The van der Waals surface area contributed by atoms with Crippen LogP contribution in [0.1, 0.15) is 26.3 Å². The standard InChI is InChI=1S/C17H16N2O4/c1-10-12(17(21)18-2)4-3-5-13(10)19-16(20)11-6-7-14-15(8-11)23-9-22-14/h3-8H,9H2,1-2H3,(H,18,21)(H,19,20). The lowest BCUT2D eigenvalue weighted by atomic mass is 10.1. The van der Waals surface area contributed by atoms with Crippen LogP contribution in [0.15, 0.2) is 36.4 Å². The van der Waals surface area contributed by atoms with Gasteiger partial charge in [0.1, 0.15) is 0 Å². The number of carbonyl (C=O) groups excluding carboxylic acids is 2. The Labute approximate surface area is 133 Å². The van der Waals surface area contributed by atoms with Crippen molar-refractivity contribution in [3.63, 3.8) is 0 Å². The molecule has 118 valence electrons. The van der Waals surface area contributed by atoms with E-state index < -0.39 is 0 Å². The van der Waals surface area contributed by atoms with E-state index in [9.17, 15) is 9.59 Å². The maximum absolute atomic E-state index is 12.4. The Balaban J connectivity index is 1.84. The lowest BCUT2D eigenvalue weighted by Gasteiger charge is -2.12. The zero-order chi connectivity index (χ0) is 16.4. The van der Waals surface area contributed by atoms with Gasteiger partial charge in [0.05, 0.1) is 0 Å². The van der Waals surface area contributed by atoms with Crippen LogP contribution < -0.4 is 20.1 Å². The Bertz CT molecular complexity index is 786. The third-order valence-corrected chi connectivity index (χ3v) is 3.69. The Morgan fingerprint density at radius 1 is 1.04 bits per heavy atom. The number of benzene rings is 2. The highest BCUT2D eigenvalue weighted by atomic mass is 16.7. The maximum Gasteiger partial charge on any atom is 0.255 e. The van der Waals surface area contributed by atoms with Gasteiger partial charge in [-0.25, -0.2) is 0 Å². The molecule has 0 unspecified atom stereocenters. The quantitative estimate of drug-likeness (QED) is 0.912. The first-order valence-electron chi connectivity index (χ1n) is 7.13. The van der Waals surface area contributed by atoms with Crippen molar-refractivity contribution in [2.45, 2.75) is 6.92 Å². The van der Waals surface area contributed by atoms with Crippen molar-refractivity contribution in [1.82, 2.24) is 5.32 Å². The average Bonchev–Trinajstić information content (AvgIpc) is 3.03. The summed E-state index contributed by atoms with van der Waals surface area (Å²) in [6.45, 7) is 1.95. The fraction of sp³-hybridized carbons (Fsp3) is 0.176. The molecule has 1 heterocycles. The SMILES string of the molecule is CNC(=O)c1cccc(NC(=O)c2ccc3c(c2)OCO3)c1C. The number of carbonyl (C=O) groups is 2. The Morgan fingerprint density at radius 2 is 1.83 bits per heavy atom. The molecule has 6 heteroatoms. The summed E-state index contributed by atoms with van der Waals surface area (Å²) in [5.74, 6) is 0.704. The van der Waals surface area contributed by atoms with Crippen LogP contribution in [-0.2, 0) is 0 Å². The molecule has 2 aromatic carbocycles. The molecule has 2 N–H and O–H groups in total. The van der Waals surface area contributed by atoms with E-state index in [1.165, 1.54) is 0 Å². The van der Waals surface area contributed by atoms with Crippen molar-refractivity contribution in [3.8, 4) is 11.5 Å². The van der Waals surface area contributed by atoms with E-state index in [4.69, 9.17) is 9.47 Å². The van der Waals surface area contributed by atoms with Gasteiger partial charge in [-0.3, -0.25) is 9.59 Å². The molecule has 0 radical (unpaired) electrons. The Kier molecular flexibility index (Phi) is 3.89. The summed E-state index contributed by atoms with van der Waals surface area (Å²) in [5.41, 5.74) is 2.28. The number of fused-ring (bicyclic) bond motifs is 1. The van der Waals surface area contributed by atoms with Crippen molar-refractivity contribution in [1.29, 1.82) is 0 Å². The largest absolute Gasteiger partial charge is 0.454 e. The molecule has 2 aromatic rings. The molecule has 0 fully saturated rings. The summed E-state index contributed by atoms with van der Waals surface area (Å²) in [4.78, 5) is 24.2. The van der Waals surface area contributed by atoms with Crippen LogP contribution in [0, 0.1) is 6.92 Å². The molecule has 1 aliphatic rings. The molecular formula is C17H16N2O4. The van der Waals surface area contributed by atoms with Crippen molar-refractivity contribution in [2.24, 2.45) is 0 Å². The molecule has 0 saturated carbocycles. The predicted molar refractivity (Wildman–Crippen MR) is 85.1 cm³/mol. The molecule has 0 spiro atoms. The highest BCUT2D eigenvalue weighted by molar-refractivity contribution is 6.06. The lowest BCUT2D eigenvalue weighted by Crippen LogP contribution is -2.20. The van der Waals surface area contributed by atoms with E-state index in [0.29, 0.717) is 33.9 Å². The minimum atomic E-state index is -0.277. The fourth-order valence-electron chi connectivity index (χ4n) is 2.38. The Hall–Kier alpha value is -3.02. The van der Waals surface area contributed by atoms with E-state index in [1.54, 1.807) is 50.4 Å². The number of nitrogens with one attached hydrogen (secondary N) is 2. The molecule has 1 aliphatic heterocycles. The van der Waals surface area contributed by atoms with E-state index in [1.807, 2.05) is 0 Å². The minimum absolute atomic E-state index is 0.160. The average molecular weight is 312 g/mol. The summed E-state index contributed by atoms with van der Waals surface area (Å²) < 4.78 is 10.5. The van der Waals surface area contributed by atoms with E-state index >= 15 is 0 Å². The summed E-state index contributed by atoms with van der Waals surface area (Å²) in [5, 5.41) is 5.40. The van der Waals surface area contributed by atoms with Gasteiger partial charge in [-0.2, -0.15) is 0 Å². The van der Waals surface area contributed by atoms with Gasteiger partial charge in [0.25, 0.3) is 11.8 Å². The first-order valence-corrected chi connectivity index (χ1v) is 7.13. The van der Waals surface area contributed by atoms with Crippen LogP contribution in [0.4, 0.5) is 5.69 Å². The van der Waals surface area contributed by atoms with Crippen molar-refractivity contribution >= 4 is 17.5 Å². The minimum Gasteiger partial charge on any atom is -0.454 e. The topological polar surface area (TPSA) is 76.7 Å². The van der Waals surface area contributed by atoms with Crippen molar-refractivity contribution in [3.05, 3.63) is 53.1 Å². The van der Waals surface area contributed by atoms with Crippen LogP contribution >= 0.6 is 0 Å². The summed E-state index contributed by atoms with van der Waals surface area (Å²) in [7, 11) is 1.57. The van der Waals surface area contributed by atoms with Gasteiger partial charge in [0.15, 0.2) is 11.5 Å². The van der Waals surface area contributed by atoms with Gasteiger partial charge < -0.3 is 20.1 Å². The monoisotopic (exact) mass is 312 g/mol. The number of anilines is 1. The van der Waals surface area contributed by atoms with Crippen LogP contribution in [0.25, 0.3) is 0 Å². The third kappa shape index (κ3) is 2.83. The van der Waals surface area contributed by atoms with Crippen LogP contribution in [-0.4, -0.2) is 25.7 Å². The van der Waals surface area contributed by atoms with Crippen molar-refractivity contribution < 1.29 is 19.1 Å². The molecule has 0 bridgehead atoms. The Morgan fingerprint density at radius 3 is 2.61 bits per heavy atom. The van der Waals surface area contributed by atoms with E-state index in [0.717, 1.165) is 0 Å². The zero-order valence-electron chi connectivity index (χ0n) is 12.8. The second kappa shape index (κ2) is 6.00. The molecule has 3 rings (SSSR count). The number of hydrogen-bond acceptors (Lipinski definition) is 4. The molecule has 2 amide bonds. The molecule has 23 heavy (non-hydrogen) atoms. The van der Waals surface area contributed by atoms with Gasteiger partial charge in [0.2, 0.25) is 6.79 Å². The first-order chi connectivity index (χ1) is 11.1. The van der Waals surface area contributed by atoms with E-state index in [2.05, 4.69) is 10.6 Å². The summed E-state index contributed by atoms with van der Waals surface area (Å²) >= 11 is 0. The predicted octanol–water partition coefficient (Wildman–Crippen LogP) is 2.34. The normalized spacial score (nSPS) is 11.9. The van der Waals surface area contributed by atoms with Crippen molar-refractivity contribution in [2.75, 3.05) is 19.2 Å². The van der Waals surface area contributed by atoms with Crippen LogP contribution in [0.5, 0.6) is 11.5 Å². The van der Waals surface area contributed by atoms with Gasteiger partial charge in [0, 0.05) is 23.9 Å². The number of amides is 2. The number of hydrogen-bond donors (Lipinski definition) is 2. The lowest BCUT2D eigenvalue weighted by molar-refractivity contribution is 0.0960. The zero-order valence-corrected chi connectivity index (χ0v) is 12.8. The number of ether oxygens (including phenoxy) is 2. The highest BCUT2D eigenvalue weighted by Gasteiger charge is 2.17. The highest BCUT2D eigenvalue weighted by Crippen LogP contribution is 2.32. The summed E-state index contributed by atoms with van der Waals surface area (Å²) in [6, 6.07) is 10.2. The van der Waals surface area contributed by atoms with E-state index in [-0.39, 0.29) is 18.6 Å². The van der Waals surface area contributed by atoms with Gasteiger partial charge in [-0.05, 0) is 42.8 Å².